The number of carbonyl (C=O) groups is 1. The van der Waals surface area contributed by atoms with Gasteiger partial charge in [0.25, 0.3) is 0 Å². The number of nitrogens with zero attached hydrogens (tertiary/aromatic N) is 4. The van der Waals surface area contributed by atoms with Crippen molar-refractivity contribution >= 4 is 34.7 Å². The molecule has 4 aromatic rings. The van der Waals surface area contributed by atoms with Gasteiger partial charge >= 0.3 is 0 Å². The molecule has 0 unspecified atom stereocenters. The van der Waals surface area contributed by atoms with Crippen LogP contribution in [0, 0.1) is 12.8 Å². The highest BCUT2D eigenvalue weighted by molar-refractivity contribution is 6.30. The summed E-state index contributed by atoms with van der Waals surface area (Å²) in [6.07, 6.45) is 1.52. The first-order chi connectivity index (χ1) is 16.5. The molecule has 0 radical (unpaired) electrons. The van der Waals surface area contributed by atoms with Crippen LogP contribution in [-0.4, -0.2) is 40.7 Å². The third kappa shape index (κ3) is 4.43. The number of para-hydroxylation sites is 2. The number of halogens is 1. The SMILES string of the molecule is COc1ccccc1NC(=O)C1CCN(c2cc(C)nc3cc(-c4ccc(Cl)cc4)nn23)CC1. The van der Waals surface area contributed by atoms with Crippen molar-refractivity contribution in [2.24, 2.45) is 5.92 Å². The highest BCUT2D eigenvalue weighted by Crippen LogP contribution is 2.29. The summed E-state index contributed by atoms with van der Waals surface area (Å²) in [6, 6.07) is 19.2. The fraction of sp³-hybridized carbons (Fsp3) is 0.269. The van der Waals surface area contributed by atoms with Gasteiger partial charge in [0.15, 0.2) is 5.65 Å². The van der Waals surface area contributed by atoms with Crippen LogP contribution < -0.4 is 15.0 Å². The molecule has 1 fully saturated rings. The Kier molecular flexibility index (Phi) is 6.11. The molecule has 7 nitrogen and oxygen atoms in total. The van der Waals surface area contributed by atoms with Crippen molar-refractivity contribution in [3.8, 4) is 17.0 Å². The van der Waals surface area contributed by atoms with Crippen LogP contribution in [0.25, 0.3) is 16.9 Å². The lowest BCUT2D eigenvalue weighted by Crippen LogP contribution is -2.39. The Bertz CT molecular complexity index is 1330. The third-order valence-corrected chi connectivity index (χ3v) is 6.48. The molecule has 1 amide bonds. The number of aromatic nitrogens is 3. The highest BCUT2D eigenvalue weighted by Gasteiger charge is 2.27. The Morgan fingerprint density at radius 3 is 2.56 bits per heavy atom. The standard InChI is InChI=1S/C26H26ClN5O2/c1-17-15-25(32-24(28-17)16-22(30-32)18-7-9-20(27)10-8-18)31-13-11-19(12-14-31)26(33)29-21-5-3-4-6-23(21)34-2/h3-10,15-16,19H,11-14H2,1-2H3,(H,29,33). The van der Waals surface area contributed by atoms with E-state index in [1.54, 1.807) is 7.11 Å². The molecule has 2 aromatic carbocycles. The van der Waals surface area contributed by atoms with E-state index in [2.05, 4.69) is 21.3 Å². The number of piperidine rings is 1. The average molecular weight is 476 g/mol. The van der Waals surface area contributed by atoms with Gasteiger partial charge in [0.1, 0.15) is 11.6 Å². The Labute approximate surface area is 203 Å². The number of benzene rings is 2. The van der Waals surface area contributed by atoms with Crippen LogP contribution in [0.2, 0.25) is 5.02 Å². The lowest BCUT2D eigenvalue weighted by atomic mass is 9.95. The highest BCUT2D eigenvalue weighted by atomic mass is 35.5. The fourth-order valence-electron chi connectivity index (χ4n) is 4.42. The normalized spacial score (nSPS) is 14.4. The van der Waals surface area contributed by atoms with Crippen molar-refractivity contribution < 1.29 is 9.53 Å². The minimum atomic E-state index is -0.0539. The molecule has 0 bridgehead atoms. The summed E-state index contributed by atoms with van der Waals surface area (Å²) in [5.41, 5.74) is 4.28. The maximum atomic E-state index is 12.9. The summed E-state index contributed by atoms with van der Waals surface area (Å²) in [5.74, 6) is 1.63. The molecule has 0 atom stereocenters. The van der Waals surface area contributed by atoms with E-state index in [1.807, 2.05) is 66.0 Å². The molecule has 1 N–H and O–H groups in total. The minimum Gasteiger partial charge on any atom is -0.495 e. The summed E-state index contributed by atoms with van der Waals surface area (Å²) in [6.45, 7) is 3.52. The summed E-state index contributed by atoms with van der Waals surface area (Å²) >= 11 is 6.04. The van der Waals surface area contributed by atoms with E-state index in [9.17, 15) is 4.79 Å². The van der Waals surface area contributed by atoms with E-state index in [0.29, 0.717) is 16.5 Å². The first-order valence-corrected chi connectivity index (χ1v) is 11.7. The zero-order valence-electron chi connectivity index (χ0n) is 19.2. The first kappa shape index (κ1) is 22.2. The number of amides is 1. The number of nitrogens with one attached hydrogen (secondary N) is 1. The molecular formula is C26H26ClN5O2. The van der Waals surface area contributed by atoms with Crippen LogP contribution >= 0.6 is 11.6 Å². The van der Waals surface area contributed by atoms with Crippen molar-refractivity contribution in [1.29, 1.82) is 0 Å². The number of hydrogen-bond acceptors (Lipinski definition) is 5. The molecule has 1 saturated heterocycles. The average Bonchev–Trinajstić information content (AvgIpc) is 3.28. The van der Waals surface area contributed by atoms with Crippen LogP contribution in [0.4, 0.5) is 11.5 Å². The van der Waals surface area contributed by atoms with Gasteiger partial charge in [-0.3, -0.25) is 4.79 Å². The zero-order chi connectivity index (χ0) is 23.7. The number of anilines is 2. The summed E-state index contributed by atoms with van der Waals surface area (Å²) in [4.78, 5) is 19.9. The molecule has 8 heteroatoms. The molecular weight excluding hydrogens is 450 g/mol. The summed E-state index contributed by atoms with van der Waals surface area (Å²) in [7, 11) is 1.61. The van der Waals surface area contributed by atoms with Gasteiger partial charge in [0.2, 0.25) is 5.91 Å². The van der Waals surface area contributed by atoms with Crippen molar-refractivity contribution in [2.45, 2.75) is 19.8 Å². The molecule has 1 aliphatic heterocycles. The molecule has 34 heavy (non-hydrogen) atoms. The van der Waals surface area contributed by atoms with E-state index in [0.717, 1.165) is 54.3 Å². The minimum absolute atomic E-state index is 0.0318. The van der Waals surface area contributed by atoms with Crippen LogP contribution in [0.1, 0.15) is 18.5 Å². The van der Waals surface area contributed by atoms with Crippen molar-refractivity contribution in [3.63, 3.8) is 0 Å². The predicted octanol–water partition coefficient (Wildman–Crippen LogP) is 5.22. The van der Waals surface area contributed by atoms with Crippen molar-refractivity contribution in [2.75, 3.05) is 30.4 Å². The van der Waals surface area contributed by atoms with E-state index >= 15 is 0 Å². The van der Waals surface area contributed by atoms with Gasteiger partial charge < -0.3 is 15.0 Å². The second-order valence-electron chi connectivity index (χ2n) is 8.51. The number of hydrogen-bond donors (Lipinski definition) is 1. The molecule has 0 spiro atoms. The Hall–Kier alpha value is -3.58. The number of ether oxygens (including phenoxy) is 1. The molecule has 0 saturated carbocycles. The van der Waals surface area contributed by atoms with Crippen molar-refractivity contribution in [3.05, 3.63) is 71.4 Å². The van der Waals surface area contributed by atoms with Crippen LogP contribution in [0.3, 0.4) is 0 Å². The summed E-state index contributed by atoms with van der Waals surface area (Å²) < 4.78 is 7.25. The summed E-state index contributed by atoms with van der Waals surface area (Å²) in [5, 5.41) is 8.56. The van der Waals surface area contributed by atoms with Gasteiger partial charge in [-0.05, 0) is 44.0 Å². The molecule has 3 heterocycles. The van der Waals surface area contributed by atoms with Gasteiger partial charge in [0, 0.05) is 47.4 Å². The van der Waals surface area contributed by atoms with E-state index < -0.39 is 0 Å². The van der Waals surface area contributed by atoms with Crippen LogP contribution in [-0.2, 0) is 4.79 Å². The number of carbonyl (C=O) groups excluding carboxylic acids is 1. The van der Waals surface area contributed by atoms with Gasteiger partial charge in [-0.25, -0.2) is 4.98 Å². The Balaban J connectivity index is 1.33. The quantitative estimate of drug-likeness (QED) is 0.428. The molecule has 2 aromatic heterocycles. The smallest absolute Gasteiger partial charge is 0.227 e. The second kappa shape index (κ2) is 9.35. The van der Waals surface area contributed by atoms with E-state index in [-0.39, 0.29) is 11.8 Å². The second-order valence-corrected chi connectivity index (χ2v) is 8.95. The van der Waals surface area contributed by atoms with Crippen LogP contribution in [0.5, 0.6) is 5.75 Å². The zero-order valence-corrected chi connectivity index (χ0v) is 19.9. The van der Waals surface area contributed by atoms with Gasteiger partial charge in [-0.2, -0.15) is 9.61 Å². The van der Waals surface area contributed by atoms with Crippen LogP contribution in [0.15, 0.2) is 60.7 Å². The fourth-order valence-corrected chi connectivity index (χ4v) is 4.55. The topological polar surface area (TPSA) is 71.8 Å². The number of fused-ring (bicyclic) bond motifs is 1. The van der Waals surface area contributed by atoms with Gasteiger partial charge in [-0.1, -0.05) is 35.9 Å². The Morgan fingerprint density at radius 1 is 1.09 bits per heavy atom. The maximum Gasteiger partial charge on any atom is 0.227 e. The molecule has 0 aliphatic carbocycles. The predicted molar refractivity (Wildman–Crippen MR) is 135 cm³/mol. The van der Waals surface area contributed by atoms with E-state index in [1.165, 1.54) is 0 Å². The molecule has 1 aliphatic rings. The van der Waals surface area contributed by atoms with Gasteiger partial charge in [0.05, 0.1) is 18.5 Å². The Morgan fingerprint density at radius 2 is 1.82 bits per heavy atom. The first-order valence-electron chi connectivity index (χ1n) is 11.3. The van der Waals surface area contributed by atoms with E-state index in [4.69, 9.17) is 21.4 Å². The lowest BCUT2D eigenvalue weighted by Gasteiger charge is -2.33. The largest absolute Gasteiger partial charge is 0.495 e. The molecule has 174 valence electrons. The number of methoxy groups -OCH3 is 1. The third-order valence-electron chi connectivity index (χ3n) is 6.23. The number of rotatable bonds is 5. The lowest BCUT2D eigenvalue weighted by molar-refractivity contribution is -0.120. The maximum absolute atomic E-state index is 12.9. The monoisotopic (exact) mass is 475 g/mol. The number of aryl methyl sites for hydroxylation is 1. The molecule has 5 rings (SSSR count). The van der Waals surface area contributed by atoms with Gasteiger partial charge in [-0.15, -0.1) is 0 Å². The van der Waals surface area contributed by atoms with Crippen molar-refractivity contribution in [1.82, 2.24) is 14.6 Å².